The zero-order chi connectivity index (χ0) is 24.8. The van der Waals surface area contributed by atoms with Gasteiger partial charge in [0.05, 0.1) is 11.4 Å². The number of ketones is 1. The molecule has 0 bridgehead atoms. The van der Waals surface area contributed by atoms with Crippen molar-refractivity contribution in [2.45, 2.75) is 6.92 Å². The number of halogens is 2. The molecule has 3 rings (SSSR count). The number of carbonyl (C=O) groups is 3. The van der Waals surface area contributed by atoms with Crippen molar-refractivity contribution in [3.05, 3.63) is 76.8 Å². The molecule has 10 heteroatoms. The van der Waals surface area contributed by atoms with Gasteiger partial charge >= 0.3 is 0 Å². The van der Waals surface area contributed by atoms with Gasteiger partial charge in [-0.25, -0.2) is 13.8 Å². The normalized spacial score (nSPS) is 10.9. The van der Waals surface area contributed by atoms with Crippen LogP contribution in [0.5, 0.6) is 5.75 Å². The Morgan fingerprint density at radius 2 is 1.88 bits per heavy atom. The molecule has 0 aliphatic heterocycles. The standard InChI is InChI=1S/C24H21F2N3O4S/c1-15(30)29(21-9-7-17(25)12-20(21)26)24-27-18(14-34-24)8-10-22(31)16-5-4-6-19(11-16)33-13-23(32)28(2)3/h4-12,14H,13H2,1-3H3/b10-8+. The summed E-state index contributed by atoms with van der Waals surface area (Å²) in [6, 6.07) is 9.31. The van der Waals surface area contributed by atoms with E-state index in [-0.39, 0.29) is 29.1 Å². The lowest BCUT2D eigenvalue weighted by Crippen LogP contribution is -2.27. The quantitative estimate of drug-likeness (QED) is 0.348. The Morgan fingerprint density at radius 3 is 2.56 bits per heavy atom. The van der Waals surface area contributed by atoms with Gasteiger partial charge in [0.25, 0.3) is 5.91 Å². The monoisotopic (exact) mass is 485 g/mol. The Bertz CT molecular complexity index is 1260. The predicted octanol–water partition coefficient (Wildman–Crippen LogP) is 4.47. The number of benzene rings is 2. The molecule has 1 heterocycles. The van der Waals surface area contributed by atoms with Crippen LogP contribution < -0.4 is 9.64 Å². The molecule has 0 radical (unpaired) electrons. The van der Waals surface area contributed by atoms with Crippen LogP contribution in [0.25, 0.3) is 6.08 Å². The van der Waals surface area contributed by atoms with Gasteiger partial charge < -0.3 is 9.64 Å². The van der Waals surface area contributed by atoms with E-state index in [0.29, 0.717) is 23.1 Å². The summed E-state index contributed by atoms with van der Waals surface area (Å²) in [6.45, 7) is 1.09. The van der Waals surface area contributed by atoms with Gasteiger partial charge in [-0.3, -0.25) is 19.3 Å². The number of hydrogen-bond acceptors (Lipinski definition) is 6. The zero-order valence-electron chi connectivity index (χ0n) is 18.6. The summed E-state index contributed by atoms with van der Waals surface area (Å²) in [5, 5.41) is 1.77. The first-order valence-electron chi connectivity index (χ1n) is 10.0. The van der Waals surface area contributed by atoms with Crippen molar-refractivity contribution >= 4 is 45.8 Å². The maximum atomic E-state index is 14.2. The smallest absolute Gasteiger partial charge is 0.259 e. The third kappa shape index (κ3) is 6.10. The number of likely N-dealkylation sites (N-methyl/N-ethyl adjacent to an activating group) is 1. The number of rotatable bonds is 8. The third-order valence-electron chi connectivity index (χ3n) is 4.55. The molecule has 176 valence electrons. The molecular weight excluding hydrogens is 464 g/mol. The minimum atomic E-state index is -0.896. The second-order valence-electron chi connectivity index (χ2n) is 7.31. The Kier molecular flexibility index (Phi) is 7.85. The van der Waals surface area contributed by atoms with E-state index in [1.807, 2.05) is 0 Å². The van der Waals surface area contributed by atoms with Crippen molar-refractivity contribution in [1.29, 1.82) is 0 Å². The highest BCUT2D eigenvalue weighted by Crippen LogP contribution is 2.31. The SMILES string of the molecule is CC(=O)N(c1nc(/C=C/C(=O)c2cccc(OCC(=O)N(C)C)c2)cs1)c1ccc(F)cc1F. The topological polar surface area (TPSA) is 79.8 Å². The molecule has 0 spiro atoms. The molecule has 0 N–H and O–H groups in total. The molecule has 0 fully saturated rings. The van der Waals surface area contributed by atoms with Crippen molar-refractivity contribution in [3.8, 4) is 5.75 Å². The molecule has 7 nitrogen and oxygen atoms in total. The Labute approximate surface area is 198 Å². The summed E-state index contributed by atoms with van der Waals surface area (Å²) in [5.74, 6) is -2.32. The first-order chi connectivity index (χ1) is 16.2. The molecule has 3 aromatic rings. The van der Waals surface area contributed by atoms with E-state index in [4.69, 9.17) is 4.74 Å². The molecule has 2 amide bonds. The van der Waals surface area contributed by atoms with Crippen LogP contribution in [0.1, 0.15) is 23.0 Å². The summed E-state index contributed by atoms with van der Waals surface area (Å²) < 4.78 is 32.9. The van der Waals surface area contributed by atoms with Gasteiger partial charge in [0.15, 0.2) is 17.5 Å². The maximum Gasteiger partial charge on any atom is 0.259 e. The fourth-order valence-electron chi connectivity index (χ4n) is 2.80. The molecule has 0 aliphatic rings. The van der Waals surface area contributed by atoms with Crippen LogP contribution in [0.3, 0.4) is 0 Å². The van der Waals surface area contributed by atoms with Gasteiger partial charge in [-0.05, 0) is 36.4 Å². The number of allylic oxidation sites excluding steroid dienone is 1. The summed E-state index contributed by atoms with van der Waals surface area (Å²) in [5.41, 5.74) is 0.603. The molecule has 0 unspecified atom stereocenters. The third-order valence-corrected chi connectivity index (χ3v) is 5.40. The highest BCUT2D eigenvalue weighted by Gasteiger charge is 2.21. The van der Waals surface area contributed by atoms with Crippen LogP contribution in [-0.2, 0) is 9.59 Å². The number of carbonyl (C=O) groups excluding carboxylic acids is 3. The average molecular weight is 486 g/mol. The number of thiazole rings is 1. The number of anilines is 2. The van der Waals surface area contributed by atoms with Gasteiger partial charge in [-0.2, -0.15) is 0 Å². The van der Waals surface area contributed by atoms with Crippen LogP contribution in [0, 0.1) is 11.6 Å². The Balaban J connectivity index is 1.74. The van der Waals surface area contributed by atoms with Crippen LogP contribution in [0.4, 0.5) is 19.6 Å². The summed E-state index contributed by atoms with van der Waals surface area (Å²) in [4.78, 5) is 43.1. The van der Waals surface area contributed by atoms with Gasteiger partial charge in [0, 0.05) is 38.0 Å². The van der Waals surface area contributed by atoms with Crippen LogP contribution >= 0.6 is 11.3 Å². The lowest BCUT2D eigenvalue weighted by atomic mass is 10.1. The van der Waals surface area contributed by atoms with Gasteiger partial charge in [0.1, 0.15) is 17.4 Å². The lowest BCUT2D eigenvalue weighted by Gasteiger charge is -2.18. The Hall–Kier alpha value is -3.92. The lowest BCUT2D eigenvalue weighted by molar-refractivity contribution is -0.130. The van der Waals surface area contributed by atoms with Crippen molar-refractivity contribution in [2.24, 2.45) is 0 Å². The Morgan fingerprint density at radius 1 is 1.12 bits per heavy atom. The van der Waals surface area contributed by atoms with E-state index in [0.717, 1.165) is 28.4 Å². The molecule has 34 heavy (non-hydrogen) atoms. The van der Waals surface area contributed by atoms with Crippen molar-refractivity contribution in [3.63, 3.8) is 0 Å². The summed E-state index contributed by atoms with van der Waals surface area (Å²) in [6.07, 6.45) is 2.77. The van der Waals surface area contributed by atoms with Gasteiger partial charge in [0.2, 0.25) is 5.91 Å². The highest BCUT2D eigenvalue weighted by atomic mass is 32.1. The van der Waals surface area contributed by atoms with Crippen LogP contribution in [-0.4, -0.2) is 48.2 Å². The van der Waals surface area contributed by atoms with Crippen molar-refractivity contribution in [2.75, 3.05) is 25.6 Å². The number of nitrogens with zero attached hydrogens (tertiary/aromatic N) is 3. The number of aromatic nitrogens is 1. The fourth-order valence-corrected chi connectivity index (χ4v) is 3.64. The number of hydrogen-bond donors (Lipinski definition) is 0. The first kappa shape index (κ1) is 24.7. The number of ether oxygens (including phenoxy) is 1. The van der Waals surface area contributed by atoms with Gasteiger partial charge in [-0.1, -0.05) is 12.1 Å². The number of amides is 2. The zero-order valence-corrected chi connectivity index (χ0v) is 19.4. The predicted molar refractivity (Wildman–Crippen MR) is 125 cm³/mol. The van der Waals surface area contributed by atoms with E-state index >= 15 is 0 Å². The van der Waals surface area contributed by atoms with E-state index in [1.54, 1.807) is 37.7 Å². The second kappa shape index (κ2) is 10.8. The first-order valence-corrected chi connectivity index (χ1v) is 10.9. The molecule has 0 aliphatic carbocycles. The highest BCUT2D eigenvalue weighted by molar-refractivity contribution is 7.14. The van der Waals surface area contributed by atoms with Crippen molar-refractivity contribution in [1.82, 2.24) is 9.88 Å². The molecule has 1 aromatic heterocycles. The molecular formula is C24H21F2N3O4S. The van der Waals surface area contributed by atoms with Crippen LogP contribution in [0.2, 0.25) is 0 Å². The second-order valence-corrected chi connectivity index (χ2v) is 8.14. The minimum Gasteiger partial charge on any atom is -0.484 e. The largest absolute Gasteiger partial charge is 0.484 e. The summed E-state index contributed by atoms with van der Waals surface area (Å²) >= 11 is 1.07. The van der Waals surface area contributed by atoms with Crippen molar-refractivity contribution < 1.29 is 27.9 Å². The summed E-state index contributed by atoms with van der Waals surface area (Å²) in [7, 11) is 3.23. The molecule has 0 atom stereocenters. The van der Waals surface area contributed by atoms with E-state index in [2.05, 4.69) is 4.98 Å². The molecule has 0 saturated heterocycles. The minimum absolute atomic E-state index is 0.126. The van der Waals surface area contributed by atoms with E-state index < -0.39 is 17.5 Å². The average Bonchev–Trinajstić information content (AvgIpc) is 3.25. The molecule has 2 aromatic carbocycles. The van der Waals surface area contributed by atoms with E-state index in [9.17, 15) is 23.2 Å². The maximum absolute atomic E-state index is 14.2. The molecule has 0 saturated carbocycles. The van der Waals surface area contributed by atoms with E-state index in [1.165, 1.54) is 30.0 Å². The fraction of sp³-hybridized carbons (Fsp3) is 0.167. The van der Waals surface area contributed by atoms with Gasteiger partial charge in [-0.15, -0.1) is 11.3 Å². The van der Waals surface area contributed by atoms with Crippen LogP contribution in [0.15, 0.2) is 53.9 Å².